The fourth-order valence-corrected chi connectivity index (χ4v) is 4.27. The molecule has 0 radical (unpaired) electrons. The van der Waals surface area contributed by atoms with Crippen LogP contribution in [0.1, 0.15) is 39.5 Å². The Bertz CT molecular complexity index is 433. The highest BCUT2D eigenvalue weighted by molar-refractivity contribution is 5.89. The molecule has 2 saturated carbocycles. The average Bonchev–Trinajstić information content (AvgIpc) is 3.06. The van der Waals surface area contributed by atoms with Crippen LogP contribution in [-0.2, 0) is 14.3 Å². The lowest BCUT2D eigenvalue weighted by molar-refractivity contribution is -0.175. The maximum absolute atomic E-state index is 12.7. The van der Waals surface area contributed by atoms with Crippen molar-refractivity contribution in [2.24, 2.45) is 22.5 Å². The quantitative estimate of drug-likeness (QED) is 0.769. The minimum atomic E-state index is -0.786. The van der Waals surface area contributed by atoms with Gasteiger partial charge in [-0.25, -0.2) is 0 Å². The summed E-state index contributed by atoms with van der Waals surface area (Å²) in [5.41, 5.74) is 5.72. The van der Waals surface area contributed by atoms with E-state index in [0.717, 1.165) is 32.6 Å². The summed E-state index contributed by atoms with van der Waals surface area (Å²) in [5.74, 6) is 0.171. The Morgan fingerprint density at radius 1 is 1.43 bits per heavy atom. The number of rotatable bonds is 6. The van der Waals surface area contributed by atoms with Crippen molar-refractivity contribution in [3.63, 3.8) is 0 Å². The zero-order chi connectivity index (χ0) is 15.3. The first kappa shape index (κ1) is 15.3. The molecule has 120 valence electrons. The summed E-state index contributed by atoms with van der Waals surface area (Å²) in [6.45, 7) is 6.31. The van der Waals surface area contributed by atoms with Crippen molar-refractivity contribution in [3.05, 3.63) is 0 Å². The van der Waals surface area contributed by atoms with Gasteiger partial charge in [0, 0.05) is 38.2 Å². The van der Waals surface area contributed by atoms with Gasteiger partial charge in [0.05, 0.1) is 6.10 Å². The Labute approximate surface area is 126 Å². The van der Waals surface area contributed by atoms with Gasteiger partial charge in [-0.05, 0) is 31.1 Å². The van der Waals surface area contributed by atoms with Crippen LogP contribution in [-0.4, -0.2) is 44.4 Å². The van der Waals surface area contributed by atoms with Crippen molar-refractivity contribution in [2.45, 2.75) is 51.2 Å². The predicted molar refractivity (Wildman–Crippen MR) is 79.7 cm³/mol. The number of carbonyl (C=O) groups excluding carboxylic acids is 1. The number of hydrogen-bond acceptors (Lipinski definition) is 4. The van der Waals surface area contributed by atoms with Crippen LogP contribution >= 0.6 is 0 Å². The van der Waals surface area contributed by atoms with E-state index in [1.165, 1.54) is 12.8 Å². The minimum Gasteiger partial charge on any atom is -0.385 e. The molecule has 3 aliphatic rings. The van der Waals surface area contributed by atoms with E-state index in [-0.39, 0.29) is 28.8 Å². The molecule has 3 fully saturated rings. The topological polar surface area (TPSA) is 73.6 Å². The molecule has 1 aliphatic heterocycles. The van der Waals surface area contributed by atoms with Crippen molar-refractivity contribution in [1.82, 2.24) is 5.32 Å². The summed E-state index contributed by atoms with van der Waals surface area (Å²) in [5, 5.41) is 3.13. The van der Waals surface area contributed by atoms with Crippen LogP contribution in [0.15, 0.2) is 0 Å². The zero-order valence-corrected chi connectivity index (χ0v) is 13.4. The normalized spacial score (nSPS) is 38.5. The van der Waals surface area contributed by atoms with Crippen molar-refractivity contribution in [3.8, 4) is 0 Å². The van der Waals surface area contributed by atoms with Gasteiger partial charge in [0.25, 0.3) is 0 Å². The molecular weight excluding hydrogens is 268 g/mol. The third kappa shape index (κ3) is 2.13. The van der Waals surface area contributed by atoms with Crippen molar-refractivity contribution < 1.29 is 14.3 Å². The van der Waals surface area contributed by atoms with E-state index in [4.69, 9.17) is 15.2 Å². The van der Waals surface area contributed by atoms with Crippen molar-refractivity contribution in [2.75, 3.05) is 26.9 Å². The third-order valence-corrected chi connectivity index (χ3v) is 6.25. The predicted octanol–water partition coefficient (Wildman–Crippen LogP) is 1.06. The number of nitrogens with one attached hydrogen (secondary N) is 1. The lowest BCUT2D eigenvalue weighted by Gasteiger charge is -2.60. The largest absolute Gasteiger partial charge is 0.385 e. The van der Waals surface area contributed by atoms with Crippen molar-refractivity contribution in [1.29, 1.82) is 0 Å². The molecule has 0 aromatic heterocycles. The van der Waals surface area contributed by atoms with E-state index in [9.17, 15) is 4.79 Å². The summed E-state index contributed by atoms with van der Waals surface area (Å²) in [6.07, 6.45) is 4.39. The minimum absolute atomic E-state index is 0.00272. The fraction of sp³-hybridized carbons (Fsp3) is 0.938. The van der Waals surface area contributed by atoms with Crippen LogP contribution < -0.4 is 11.1 Å². The van der Waals surface area contributed by atoms with Crippen LogP contribution in [0.3, 0.4) is 0 Å². The molecule has 0 bridgehead atoms. The molecule has 21 heavy (non-hydrogen) atoms. The first-order chi connectivity index (χ1) is 9.87. The monoisotopic (exact) mass is 296 g/mol. The molecule has 3 atom stereocenters. The van der Waals surface area contributed by atoms with E-state index < -0.39 is 5.54 Å². The Morgan fingerprint density at radius 2 is 2.14 bits per heavy atom. The Balaban J connectivity index is 1.60. The van der Waals surface area contributed by atoms with E-state index in [0.29, 0.717) is 0 Å². The first-order valence-corrected chi connectivity index (χ1v) is 8.05. The van der Waals surface area contributed by atoms with E-state index in [2.05, 4.69) is 19.2 Å². The maximum atomic E-state index is 12.7. The Morgan fingerprint density at radius 3 is 2.76 bits per heavy atom. The standard InChI is InChI=1S/C16H28N2O3/c1-14(2)12-11(4-8-21-12)16(14,17)13(19)18-10-15(5-6-15)7-9-20-3/h11-12H,4-10,17H2,1-3H3,(H,18,19). The van der Waals surface area contributed by atoms with Crippen LogP contribution in [0, 0.1) is 16.7 Å². The van der Waals surface area contributed by atoms with E-state index in [1.807, 2.05) is 0 Å². The van der Waals surface area contributed by atoms with Gasteiger partial charge in [0.15, 0.2) is 0 Å². The van der Waals surface area contributed by atoms with Gasteiger partial charge >= 0.3 is 0 Å². The summed E-state index contributed by atoms with van der Waals surface area (Å²) in [6, 6.07) is 0. The number of hydrogen-bond donors (Lipinski definition) is 2. The van der Waals surface area contributed by atoms with Gasteiger partial charge in [0.2, 0.25) is 5.91 Å². The number of carbonyl (C=O) groups is 1. The molecule has 1 heterocycles. The highest BCUT2D eigenvalue weighted by Gasteiger charge is 2.71. The van der Waals surface area contributed by atoms with Crippen LogP contribution in [0.5, 0.6) is 0 Å². The molecule has 5 nitrogen and oxygen atoms in total. The van der Waals surface area contributed by atoms with Gasteiger partial charge in [-0.15, -0.1) is 0 Å². The van der Waals surface area contributed by atoms with Crippen molar-refractivity contribution >= 4 is 5.91 Å². The second-order valence-corrected chi connectivity index (χ2v) is 7.70. The molecule has 5 heteroatoms. The van der Waals surface area contributed by atoms with Gasteiger partial charge in [0.1, 0.15) is 5.54 Å². The Kier molecular flexibility index (Phi) is 3.58. The second kappa shape index (κ2) is 4.93. The second-order valence-electron chi connectivity index (χ2n) is 7.70. The number of fused-ring (bicyclic) bond motifs is 1. The fourth-order valence-electron chi connectivity index (χ4n) is 4.27. The van der Waals surface area contributed by atoms with Crippen LogP contribution in [0.2, 0.25) is 0 Å². The molecule has 0 aromatic carbocycles. The molecule has 1 amide bonds. The van der Waals surface area contributed by atoms with E-state index in [1.54, 1.807) is 7.11 Å². The summed E-state index contributed by atoms with van der Waals surface area (Å²) >= 11 is 0. The molecule has 0 aromatic rings. The Hall–Kier alpha value is -0.650. The molecule has 2 aliphatic carbocycles. The summed E-state index contributed by atoms with van der Waals surface area (Å²) in [7, 11) is 1.72. The molecule has 1 saturated heterocycles. The third-order valence-electron chi connectivity index (χ3n) is 6.25. The maximum Gasteiger partial charge on any atom is 0.241 e. The number of ether oxygens (including phenoxy) is 2. The lowest BCUT2D eigenvalue weighted by atomic mass is 9.48. The smallest absolute Gasteiger partial charge is 0.241 e. The van der Waals surface area contributed by atoms with Gasteiger partial charge < -0.3 is 20.5 Å². The number of methoxy groups -OCH3 is 1. The number of nitrogens with two attached hydrogens (primary N) is 1. The molecule has 3 unspecified atom stereocenters. The highest BCUT2D eigenvalue weighted by atomic mass is 16.5. The van der Waals surface area contributed by atoms with Crippen LogP contribution in [0.4, 0.5) is 0 Å². The SMILES string of the molecule is COCCC1(CNC(=O)C2(N)C3CCOC3C2(C)C)CC1. The summed E-state index contributed by atoms with van der Waals surface area (Å²) < 4.78 is 10.9. The summed E-state index contributed by atoms with van der Waals surface area (Å²) in [4.78, 5) is 12.7. The molecular formula is C16H28N2O3. The van der Waals surface area contributed by atoms with Gasteiger partial charge in [-0.1, -0.05) is 13.8 Å². The molecule has 0 spiro atoms. The van der Waals surface area contributed by atoms with E-state index >= 15 is 0 Å². The van der Waals surface area contributed by atoms with Gasteiger partial charge in [-0.2, -0.15) is 0 Å². The average molecular weight is 296 g/mol. The first-order valence-electron chi connectivity index (χ1n) is 8.05. The lowest BCUT2D eigenvalue weighted by Crippen LogP contribution is -2.80. The molecule has 3 rings (SSSR count). The number of amides is 1. The zero-order valence-electron chi connectivity index (χ0n) is 13.4. The highest BCUT2D eigenvalue weighted by Crippen LogP contribution is 2.58. The molecule has 3 N–H and O–H groups in total. The van der Waals surface area contributed by atoms with Crippen LogP contribution in [0.25, 0.3) is 0 Å². The van der Waals surface area contributed by atoms with Gasteiger partial charge in [-0.3, -0.25) is 4.79 Å².